The van der Waals surface area contributed by atoms with Gasteiger partial charge >= 0.3 is 0 Å². The minimum Gasteiger partial charge on any atom is -0.366 e. The van der Waals surface area contributed by atoms with Gasteiger partial charge in [0, 0.05) is 6.92 Å². The van der Waals surface area contributed by atoms with Gasteiger partial charge in [-0.3, -0.25) is 4.79 Å². The number of aliphatic hydroxyl groups excluding tert-OH is 1. The molecule has 12 heavy (non-hydrogen) atoms. The Labute approximate surface area is 76.4 Å². The SMILES string of the molecule is CSCCC(NC(C)=O)C(O)O. The summed E-state index contributed by atoms with van der Waals surface area (Å²) in [5.41, 5.74) is 0. The van der Waals surface area contributed by atoms with E-state index in [4.69, 9.17) is 10.2 Å². The van der Waals surface area contributed by atoms with Crippen molar-refractivity contribution in [2.75, 3.05) is 12.0 Å². The number of aliphatic hydroxyl groups is 2. The Kier molecular flexibility index (Phi) is 6.14. The summed E-state index contributed by atoms with van der Waals surface area (Å²) in [4.78, 5) is 10.6. The van der Waals surface area contributed by atoms with Crippen LogP contribution in [0.2, 0.25) is 0 Å². The Morgan fingerprint density at radius 2 is 2.17 bits per heavy atom. The van der Waals surface area contributed by atoms with Crippen LogP contribution in [0.25, 0.3) is 0 Å². The fraction of sp³-hybridized carbons (Fsp3) is 0.857. The summed E-state index contributed by atoms with van der Waals surface area (Å²) in [5.74, 6) is 0.553. The highest BCUT2D eigenvalue weighted by Gasteiger charge is 2.16. The van der Waals surface area contributed by atoms with E-state index in [1.165, 1.54) is 6.92 Å². The minimum atomic E-state index is -1.47. The first-order chi connectivity index (χ1) is 5.57. The number of thioether (sulfide) groups is 1. The molecule has 1 atom stereocenters. The monoisotopic (exact) mass is 193 g/mol. The van der Waals surface area contributed by atoms with Gasteiger partial charge in [-0.1, -0.05) is 0 Å². The van der Waals surface area contributed by atoms with E-state index in [1.807, 2.05) is 6.26 Å². The van der Waals surface area contributed by atoms with Gasteiger partial charge in [-0.2, -0.15) is 11.8 Å². The van der Waals surface area contributed by atoms with Crippen LogP contribution in [0.5, 0.6) is 0 Å². The predicted molar refractivity (Wildman–Crippen MR) is 48.8 cm³/mol. The number of hydrogen-bond acceptors (Lipinski definition) is 4. The molecule has 4 nitrogen and oxygen atoms in total. The van der Waals surface area contributed by atoms with Crippen molar-refractivity contribution in [2.24, 2.45) is 0 Å². The minimum absolute atomic E-state index is 0.241. The molecule has 0 fully saturated rings. The Bertz CT molecular complexity index is 141. The van der Waals surface area contributed by atoms with Crippen LogP contribution < -0.4 is 5.32 Å². The molecule has 0 aromatic rings. The molecule has 1 amide bonds. The third-order valence-corrected chi connectivity index (χ3v) is 2.03. The maximum atomic E-state index is 10.6. The highest BCUT2D eigenvalue weighted by molar-refractivity contribution is 7.98. The smallest absolute Gasteiger partial charge is 0.217 e. The zero-order valence-corrected chi connectivity index (χ0v) is 8.10. The van der Waals surface area contributed by atoms with Crippen molar-refractivity contribution in [1.29, 1.82) is 0 Å². The zero-order chi connectivity index (χ0) is 9.56. The van der Waals surface area contributed by atoms with Crippen molar-refractivity contribution in [3.8, 4) is 0 Å². The molecule has 0 aliphatic heterocycles. The van der Waals surface area contributed by atoms with Gasteiger partial charge in [-0.15, -0.1) is 0 Å². The molecule has 0 aliphatic rings. The summed E-state index contributed by atoms with van der Waals surface area (Å²) in [6.07, 6.45) is 1.02. The Balaban J connectivity index is 3.78. The standard InChI is InChI=1S/C7H15NO3S/c1-5(9)8-6(7(10)11)3-4-12-2/h6-7,10-11H,3-4H2,1-2H3,(H,8,9). The topological polar surface area (TPSA) is 69.6 Å². The van der Waals surface area contributed by atoms with Gasteiger partial charge in [-0.25, -0.2) is 0 Å². The molecular weight excluding hydrogens is 178 g/mol. The van der Waals surface area contributed by atoms with Crippen LogP contribution in [0, 0.1) is 0 Å². The zero-order valence-electron chi connectivity index (χ0n) is 7.28. The number of rotatable bonds is 5. The van der Waals surface area contributed by atoms with Crippen molar-refractivity contribution in [2.45, 2.75) is 25.7 Å². The summed E-state index contributed by atoms with van der Waals surface area (Å²) < 4.78 is 0. The van der Waals surface area contributed by atoms with E-state index in [-0.39, 0.29) is 5.91 Å². The number of hydrogen-bond donors (Lipinski definition) is 3. The molecule has 0 aromatic heterocycles. The Morgan fingerprint density at radius 1 is 1.58 bits per heavy atom. The average Bonchev–Trinajstić information content (AvgIpc) is 1.96. The third-order valence-electron chi connectivity index (χ3n) is 1.38. The summed E-state index contributed by atoms with van der Waals surface area (Å²) in [7, 11) is 0. The van der Waals surface area contributed by atoms with Gasteiger partial charge in [-0.05, 0) is 18.4 Å². The van der Waals surface area contributed by atoms with Crippen LogP contribution in [0.15, 0.2) is 0 Å². The van der Waals surface area contributed by atoms with Gasteiger partial charge in [0.25, 0.3) is 0 Å². The van der Waals surface area contributed by atoms with Crippen LogP contribution >= 0.6 is 11.8 Å². The van der Waals surface area contributed by atoms with Gasteiger partial charge < -0.3 is 15.5 Å². The first-order valence-corrected chi connectivity index (χ1v) is 5.09. The molecule has 5 heteroatoms. The van der Waals surface area contributed by atoms with E-state index in [2.05, 4.69) is 5.32 Å². The van der Waals surface area contributed by atoms with E-state index in [1.54, 1.807) is 11.8 Å². The van der Waals surface area contributed by atoms with Gasteiger partial charge in [0.1, 0.15) is 0 Å². The first kappa shape index (κ1) is 11.7. The maximum Gasteiger partial charge on any atom is 0.217 e. The summed E-state index contributed by atoms with van der Waals surface area (Å²) in [6.45, 7) is 1.36. The van der Waals surface area contributed by atoms with Crippen molar-refractivity contribution in [1.82, 2.24) is 5.32 Å². The molecule has 0 spiro atoms. The Morgan fingerprint density at radius 3 is 2.50 bits per heavy atom. The van der Waals surface area contributed by atoms with Crippen molar-refractivity contribution >= 4 is 17.7 Å². The van der Waals surface area contributed by atoms with Gasteiger partial charge in [0.05, 0.1) is 6.04 Å². The largest absolute Gasteiger partial charge is 0.366 e. The summed E-state index contributed by atoms with van der Waals surface area (Å²) >= 11 is 1.60. The molecule has 0 saturated heterocycles. The van der Waals surface area contributed by atoms with Crippen molar-refractivity contribution < 1.29 is 15.0 Å². The second-order valence-corrected chi connectivity index (χ2v) is 3.49. The highest BCUT2D eigenvalue weighted by atomic mass is 32.2. The van der Waals surface area contributed by atoms with Crippen LogP contribution in [0.1, 0.15) is 13.3 Å². The molecule has 0 aromatic carbocycles. The average molecular weight is 193 g/mol. The van der Waals surface area contributed by atoms with Crippen molar-refractivity contribution in [3.63, 3.8) is 0 Å². The lowest BCUT2D eigenvalue weighted by molar-refractivity contribution is -0.124. The van der Waals surface area contributed by atoms with Gasteiger partial charge in [0.15, 0.2) is 6.29 Å². The maximum absolute atomic E-state index is 10.6. The number of carbonyl (C=O) groups is 1. The molecule has 0 bridgehead atoms. The normalized spacial score (nSPS) is 13.1. The fourth-order valence-corrected chi connectivity index (χ4v) is 1.29. The Hall–Kier alpha value is -0.260. The molecule has 1 unspecified atom stereocenters. The molecule has 0 rings (SSSR count). The lowest BCUT2D eigenvalue weighted by Crippen LogP contribution is -2.42. The van der Waals surface area contributed by atoms with Crippen LogP contribution in [-0.4, -0.2) is 40.5 Å². The highest BCUT2D eigenvalue weighted by Crippen LogP contribution is 2.02. The number of carbonyl (C=O) groups excluding carboxylic acids is 1. The van der Waals surface area contributed by atoms with E-state index < -0.39 is 12.3 Å². The van der Waals surface area contributed by atoms with E-state index in [0.717, 1.165) is 5.75 Å². The second kappa shape index (κ2) is 6.28. The quantitative estimate of drug-likeness (QED) is 0.517. The van der Waals surface area contributed by atoms with E-state index in [9.17, 15) is 4.79 Å². The number of amides is 1. The summed E-state index contributed by atoms with van der Waals surface area (Å²) in [5, 5.41) is 20.1. The van der Waals surface area contributed by atoms with E-state index in [0.29, 0.717) is 6.42 Å². The third kappa shape index (κ3) is 5.40. The molecule has 72 valence electrons. The first-order valence-electron chi connectivity index (χ1n) is 3.70. The molecule has 3 N–H and O–H groups in total. The molecular formula is C7H15NO3S. The lowest BCUT2D eigenvalue weighted by Gasteiger charge is -2.18. The molecule has 0 aliphatic carbocycles. The fourth-order valence-electron chi connectivity index (χ4n) is 0.802. The van der Waals surface area contributed by atoms with E-state index >= 15 is 0 Å². The van der Waals surface area contributed by atoms with Crippen LogP contribution in [0.4, 0.5) is 0 Å². The van der Waals surface area contributed by atoms with Crippen LogP contribution in [-0.2, 0) is 4.79 Å². The van der Waals surface area contributed by atoms with Crippen molar-refractivity contribution in [3.05, 3.63) is 0 Å². The number of nitrogens with one attached hydrogen (secondary N) is 1. The lowest BCUT2D eigenvalue weighted by atomic mass is 10.2. The predicted octanol–water partition coefficient (Wildman–Crippen LogP) is -0.445. The summed E-state index contributed by atoms with van der Waals surface area (Å²) in [6, 6.07) is -0.546. The van der Waals surface area contributed by atoms with Gasteiger partial charge in [0.2, 0.25) is 5.91 Å². The molecule has 0 saturated carbocycles. The molecule has 0 heterocycles. The van der Waals surface area contributed by atoms with Crippen LogP contribution in [0.3, 0.4) is 0 Å². The molecule has 0 radical (unpaired) electrons. The second-order valence-electron chi connectivity index (χ2n) is 2.50.